The summed E-state index contributed by atoms with van der Waals surface area (Å²) in [7, 11) is 1.92. The van der Waals surface area contributed by atoms with Crippen molar-refractivity contribution in [3.8, 4) is 11.4 Å². The second-order valence-corrected chi connectivity index (χ2v) is 7.76. The lowest BCUT2D eigenvalue weighted by atomic mass is 10.2. The molecule has 126 valence electrons. The molecule has 0 aliphatic rings. The van der Waals surface area contributed by atoms with Gasteiger partial charge in [0.05, 0.1) is 0 Å². The van der Waals surface area contributed by atoms with Crippen LogP contribution in [0.15, 0.2) is 53.0 Å². The number of thioether (sulfide) groups is 1. The Morgan fingerprint density at radius 1 is 1.16 bits per heavy atom. The lowest BCUT2D eigenvalue weighted by molar-refractivity contribution is 0.617. The molecule has 2 aromatic heterocycles. The molecule has 0 fully saturated rings. The van der Waals surface area contributed by atoms with E-state index in [9.17, 15) is 4.39 Å². The van der Waals surface area contributed by atoms with Gasteiger partial charge < -0.3 is 4.57 Å². The van der Waals surface area contributed by atoms with Crippen LogP contribution in [0.1, 0.15) is 5.56 Å². The summed E-state index contributed by atoms with van der Waals surface area (Å²) in [5.41, 5.74) is 1.55. The molecule has 2 aromatic carbocycles. The number of aromatic nitrogens is 3. The minimum atomic E-state index is -0.300. The fourth-order valence-electron chi connectivity index (χ4n) is 2.63. The number of nitrogens with zero attached hydrogens (tertiary/aromatic N) is 3. The number of halogens is 2. The van der Waals surface area contributed by atoms with E-state index in [-0.39, 0.29) is 5.82 Å². The molecule has 0 saturated heterocycles. The molecule has 0 bridgehead atoms. The zero-order valence-electron chi connectivity index (χ0n) is 13.2. The molecule has 3 nitrogen and oxygen atoms in total. The number of hydrogen-bond donors (Lipinski definition) is 0. The average molecular weight is 390 g/mol. The molecule has 0 aliphatic heterocycles. The Bertz CT molecular complexity index is 1040. The van der Waals surface area contributed by atoms with E-state index in [1.807, 2.05) is 23.7 Å². The van der Waals surface area contributed by atoms with Crippen molar-refractivity contribution in [3.63, 3.8) is 0 Å². The van der Waals surface area contributed by atoms with Crippen LogP contribution in [0, 0.1) is 5.82 Å². The Morgan fingerprint density at radius 2 is 2.00 bits per heavy atom. The van der Waals surface area contributed by atoms with Crippen LogP contribution < -0.4 is 0 Å². The SMILES string of the molecule is Cn1c(SCc2c(F)cccc2Cl)nnc1-c1csc2ccccc12. The van der Waals surface area contributed by atoms with Crippen LogP contribution in [0.5, 0.6) is 0 Å². The number of fused-ring (bicyclic) bond motifs is 1. The Balaban J connectivity index is 1.63. The van der Waals surface area contributed by atoms with Gasteiger partial charge in [-0.1, -0.05) is 47.6 Å². The minimum Gasteiger partial charge on any atom is -0.305 e. The van der Waals surface area contributed by atoms with E-state index in [0.717, 1.165) is 21.9 Å². The van der Waals surface area contributed by atoms with Crippen LogP contribution in [0.25, 0.3) is 21.5 Å². The van der Waals surface area contributed by atoms with Gasteiger partial charge in [-0.3, -0.25) is 0 Å². The van der Waals surface area contributed by atoms with Gasteiger partial charge in [0.2, 0.25) is 0 Å². The molecule has 2 heterocycles. The third-order valence-electron chi connectivity index (χ3n) is 3.96. The van der Waals surface area contributed by atoms with Gasteiger partial charge in [-0.2, -0.15) is 0 Å². The molecule has 4 aromatic rings. The molecular weight excluding hydrogens is 377 g/mol. The molecule has 0 amide bonds. The first-order valence-corrected chi connectivity index (χ1v) is 9.81. The largest absolute Gasteiger partial charge is 0.305 e. The van der Waals surface area contributed by atoms with E-state index < -0.39 is 0 Å². The van der Waals surface area contributed by atoms with Crippen molar-refractivity contribution in [2.45, 2.75) is 10.9 Å². The van der Waals surface area contributed by atoms with Gasteiger partial charge in [-0.25, -0.2) is 4.39 Å². The highest BCUT2D eigenvalue weighted by Crippen LogP contribution is 2.34. The predicted molar refractivity (Wildman–Crippen MR) is 103 cm³/mol. The zero-order valence-corrected chi connectivity index (χ0v) is 15.6. The van der Waals surface area contributed by atoms with E-state index in [4.69, 9.17) is 11.6 Å². The summed E-state index contributed by atoms with van der Waals surface area (Å²) >= 11 is 9.20. The normalized spacial score (nSPS) is 11.3. The lowest BCUT2D eigenvalue weighted by Crippen LogP contribution is -1.95. The highest BCUT2D eigenvalue weighted by Gasteiger charge is 2.16. The summed E-state index contributed by atoms with van der Waals surface area (Å²) in [6, 6.07) is 12.9. The molecule has 0 spiro atoms. The molecule has 25 heavy (non-hydrogen) atoms. The van der Waals surface area contributed by atoms with Crippen molar-refractivity contribution in [1.82, 2.24) is 14.8 Å². The van der Waals surface area contributed by atoms with Gasteiger partial charge in [0.1, 0.15) is 5.82 Å². The summed E-state index contributed by atoms with van der Waals surface area (Å²) in [5, 5.41) is 13.0. The predicted octanol–water partition coefficient (Wildman–Crippen LogP) is 5.78. The molecule has 4 rings (SSSR count). The summed E-state index contributed by atoms with van der Waals surface area (Å²) in [5.74, 6) is 0.910. The third-order valence-corrected chi connectivity index (χ3v) is 6.33. The molecule has 0 unspecified atom stereocenters. The maximum absolute atomic E-state index is 13.9. The molecule has 7 heteroatoms. The third kappa shape index (κ3) is 3.05. The number of hydrogen-bond acceptors (Lipinski definition) is 4. The molecule has 0 N–H and O–H groups in total. The van der Waals surface area contributed by atoms with E-state index in [1.54, 1.807) is 23.5 Å². The lowest BCUT2D eigenvalue weighted by Gasteiger charge is -2.06. The van der Waals surface area contributed by atoms with Gasteiger partial charge in [0, 0.05) is 44.4 Å². The van der Waals surface area contributed by atoms with Gasteiger partial charge in [-0.05, 0) is 18.2 Å². The first kappa shape index (κ1) is 16.6. The maximum Gasteiger partial charge on any atom is 0.191 e. The summed E-state index contributed by atoms with van der Waals surface area (Å²) < 4.78 is 17.1. The molecule has 0 radical (unpaired) electrons. The fourth-order valence-corrected chi connectivity index (χ4v) is 4.83. The second-order valence-electron chi connectivity index (χ2n) is 5.50. The van der Waals surface area contributed by atoms with Crippen LogP contribution in [0.2, 0.25) is 5.02 Å². The van der Waals surface area contributed by atoms with Crippen LogP contribution in [0.3, 0.4) is 0 Å². The molecule has 0 atom stereocenters. The van der Waals surface area contributed by atoms with Crippen molar-refractivity contribution in [3.05, 3.63) is 64.2 Å². The Morgan fingerprint density at radius 3 is 2.84 bits per heavy atom. The van der Waals surface area contributed by atoms with Crippen LogP contribution >= 0.6 is 34.7 Å². The van der Waals surface area contributed by atoms with Crippen molar-refractivity contribution in [1.29, 1.82) is 0 Å². The number of rotatable bonds is 4. The number of thiophene rings is 1. The second kappa shape index (κ2) is 6.78. The topological polar surface area (TPSA) is 30.7 Å². The minimum absolute atomic E-state index is 0.300. The van der Waals surface area contributed by atoms with Crippen LogP contribution in [-0.2, 0) is 12.8 Å². The van der Waals surface area contributed by atoms with Crippen molar-refractivity contribution < 1.29 is 4.39 Å². The van der Waals surface area contributed by atoms with Crippen LogP contribution in [-0.4, -0.2) is 14.8 Å². The van der Waals surface area contributed by atoms with Crippen molar-refractivity contribution in [2.24, 2.45) is 7.05 Å². The smallest absolute Gasteiger partial charge is 0.191 e. The average Bonchev–Trinajstić information content (AvgIpc) is 3.18. The molecule has 0 saturated carbocycles. The number of benzene rings is 2. The zero-order chi connectivity index (χ0) is 17.4. The monoisotopic (exact) mass is 389 g/mol. The van der Waals surface area contributed by atoms with Crippen LogP contribution in [0.4, 0.5) is 4.39 Å². The van der Waals surface area contributed by atoms with Gasteiger partial charge in [0.25, 0.3) is 0 Å². The highest BCUT2D eigenvalue weighted by atomic mass is 35.5. The van der Waals surface area contributed by atoms with E-state index >= 15 is 0 Å². The maximum atomic E-state index is 13.9. The van der Waals surface area contributed by atoms with Gasteiger partial charge >= 0.3 is 0 Å². The van der Waals surface area contributed by atoms with Crippen molar-refractivity contribution >= 4 is 44.8 Å². The summed E-state index contributed by atoms with van der Waals surface area (Å²) in [4.78, 5) is 0. The molecule has 0 aliphatic carbocycles. The Labute approximate surface area is 157 Å². The fraction of sp³-hybridized carbons (Fsp3) is 0.111. The highest BCUT2D eigenvalue weighted by molar-refractivity contribution is 7.98. The standard InChI is InChI=1S/C18H13ClFN3S2/c1-23-17(12-9-24-16-8-3-2-5-11(12)16)21-22-18(23)25-10-13-14(19)6-4-7-15(13)20/h2-9H,10H2,1H3. The van der Waals surface area contributed by atoms with E-state index in [2.05, 4.69) is 27.7 Å². The summed E-state index contributed by atoms with van der Waals surface area (Å²) in [6.45, 7) is 0. The first-order valence-electron chi connectivity index (χ1n) is 7.57. The van der Waals surface area contributed by atoms with Crippen molar-refractivity contribution in [2.75, 3.05) is 0 Å². The van der Waals surface area contributed by atoms with E-state index in [0.29, 0.717) is 16.3 Å². The summed E-state index contributed by atoms with van der Waals surface area (Å²) in [6.07, 6.45) is 0. The first-order chi connectivity index (χ1) is 12.1. The van der Waals surface area contributed by atoms with E-state index in [1.165, 1.54) is 22.5 Å². The van der Waals surface area contributed by atoms with Gasteiger partial charge in [0.15, 0.2) is 11.0 Å². The molecular formula is C18H13ClFN3S2. The van der Waals surface area contributed by atoms with Gasteiger partial charge in [-0.15, -0.1) is 21.5 Å². The Kier molecular flexibility index (Phi) is 4.50. The Hall–Kier alpha value is -1.89. The quantitative estimate of drug-likeness (QED) is 0.414.